The minimum absolute atomic E-state index is 0.0867. The number of nitrogens with one attached hydrogen (secondary N) is 1. The average molecular weight is 281 g/mol. The molecule has 3 nitrogen and oxygen atoms in total. The van der Waals surface area contributed by atoms with Crippen LogP contribution < -0.4 is 5.32 Å². The van der Waals surface area contributed by atoms with Crippen LogP contribution in [0, 0.1) is 0 Å². The Kier molecular flexibility index (Phi) is 8.34. The summed E-state index contributed by atoms with van der Waals surface area (Å²) in [4.78, 5) is 11.5. The number of hydrogen-bond acceptors (Lipinski definition) is 3. The number of amides is 1. The van der Waals surface area contributed by atoms with Crippen LogP contribution in [0.15, 0.2) is 30.3 Å². The highest BCUT2D eigenvalue weighted by Crippen LogP contribution is 2.06. The van der Waals surface area contributed by atoms with E-state index in [1.165, 1.54) is 5.56 Å². The van der Waals surface area contributed by atoms with E-state index in [0.29, 0.717) is 12.3 Å². The number of aryl methyl sites for hydroxylation is 1. The van der Waals surface area contributed by atoms with Gasteiger partial charge in [-0.3, -0.25) is 4.79 Å². The minimum Gasteiger partial charge on any atom is -0.393 e. The monoisotopic (exact) mass is 281 g/mol. The van der Waals surface area contributed by atoms with E-state index in [1.54, 1.807) is 18.7 Å². The van der Waals surface area contributed by atoms with Crippen molar-refractivity contribution >= 4 is 17.7 Å². The Labute approximate surface area is 119 Å². The predicted molar refractivity (Wildman–Crippen MR) is 81.4 cm³/mol. The molecule has 0 radical (unpaired) electrons. The fourth-order valence-corrected chi connectivity index (χ4v) is 2.49. The van der Waals surface area contributed by atoms with Crippen molar-refractivity contribution in [1.82, 2.24) is 5.32 Å². The van der Waals surface area contributed by atoms with Gasteiger partial charge in [-0.05, 0) is 37.5 Å². The zero-order valence-corrected chi connectivity index (χ0v) is 12.3. The molecule has 1 atom stereocenters. The summed E-state index contributed by atoms with van der Waals surface area (Å²) >= 11 is 1.66. The summed E-state index contributed by atoms with van der Waals surface area (Å²) in [5, 5.41) is 11.9. The lowest BCUT2D eigenvalue weighted by atomic mass is 10.2. The molecule has 0 aliphatic rings. The molecule has 0 aliphatic carbocycles. The van der Waals surface area contributed by atoms with Gasteiger partial charge >= 0.3 is 0 Å². The number of benzene rings is 1. The van der Waals surface area contributed by atoms with Crippen LogP contribution in [0.4, 0.5) is 0 Å². The van der Waals surface area contributed by atoms with Crippen LogP contribution in [0.1, 0.15) is 25.3 Å². The van der Waals surface area contributed by atoms with Crippen molar-refractivity contribution in [2.24, 2.45) is 0 Å². The molecule has 0 heterocycles. The van der Waals surface area contributed by atoms with Crippen molar-refractivity contribution in [3.8, 4) is 0 Å². The fraction of sp³-hybridized carbons (Fsp3) is 0.533. The Morgan fingerprint density at radius 2 is 2.11 bits per heavy atom. The molecule has 2 N–H and O–H groups in total. The maximum Gasteiger partial charge on any atom is 0.229 e. The van der Waals surface area contributed by atoms with Crippen LogP contribution in [0.5, 0.6) is 0 Å². The zero-order valence-electron chi connectivity index (χ0n) is 11.5. The number of thioether (sulfide) groups is 1. The molecule has 19 heavy (non-hydrogen) atoms. The molecule has 1 aromatic rings. The molecule has 0 aliphatic heterocycles. The summed E-state index contributed by atoms with van der Waals surface area (Å²) in [7, 11) is 0. The molecule has 4 heteroatoms. The fourth-order valence-electron chi connectivity index (χ4n) is 1.68. The number of aliphatic hydroxyl groups excluding tert-OH is 1. The quantitative estimate of drug-likeness (QED) is 0.683. The van der Waals surface area contributed by atoms with E-state index in [1.807, 2.05) is 18.2 Å². The predicted octanol–water partition coefficient (Wildman–Crippen LogP) is 2.24. The van der Waals surface area contributed by atoms with Gasteiger partial charge in [0.2, 0.25) is 5.91 Å². The molecule has 0 spiro atoms. The van der Waals surface area contributed by atoms with E-state index in [-0.39, 0.29) is 12.0 Å². The van der Waals surface area contributed by atoms with Crippen molar-refractivity contribution in [1.29, 1.82) is 0 Å². The molecule has 106 valence electrons. The van der Waals surface area contributed by atoms with Gasteiger partial charge in [0.25, 0.3) is 0 Å². The van der Waals surface area contributed by atoms with E-state index in [0.717, 1.165) is 25.0 Å². The first-order chi connectivity index (χ1) is 9.18. The SMILES string of the molecule is CC(O)CCCNC(=O)CSCCc1ccccc1. The molecule has 1 rings (SSSR count). The first-order valence-electron chi connectivity index (χ1n) is 6.75. The molecule has 1 aromatic carbocycles. The van der Waals surface area contributed by atoms with Gasteiger partial charge < -0.3 is 10.4 Å². The number of carbonyl (C=O) groups is 1. The second-order valence-corrected chi connectivity index (χ2v) is 5.73. The molecule has 0 fully saturated rings. The third kappa shape index (κ3) is 8.67. The van der Waals surface area contributed by atoms with E-state index in [2.05, 4.69) is 17.4 Å². The summed E-state index contributed by atoms with van der Waals surface area (Å²) in [6, 6.07) is 10.3. The Bertz CT molecular complexity index is 354. The minimum atomic E-state index is -0.280. The molecule has 1 amide bonds. The van der Waals surface area contributed by atoms with E-state index in [9.17, 15) is 4.79 Å². The van der Waals surface area contributed by atoms with Gasteiger partial charge in [-0.2, -0.15) is 11.8 Å². The van der Waals surface area contributed by atoms with Gasteiger partial charge in [0.15, 0.2) is 0 Å². The highest BCUT2D eigenvalue weighted by atomic mass is 32.2. The van der Waals surface area contributed by atoms with Gasteiger partial charge in [-0.1, -0.05) is 30.3 Å². The van der Waals surface area contributed by atoms with Gasteiger partial charge in [0, 0.05) is 6.54 Å². The lowest BCUT2D eigenvalue weighted by Gasteiger charge is -2.06. The van der Waals surface area contributed by atoms with Crippen molar-refractivity contribution < 1.29 is 9.90 Å². The first kappa shape index (κ1) is 16.1. The van der Waals surface area contributed by atoms with Gasteiger partial charge in [-0.25, -0.2) is 0 Å². The highest BCUT2D eigenvalue weighted by molar-refractivity contribution is 7.99. The molecule has 0 bridgehead atoms. The maximum atomic E-state index is 11.5. The van der Waals surface area contributed by atoms with Crippen molar-refractivity contribution in [3.05, 3.63) is 35.9 Å². The standard InChI is InChI=1S/C15H23NO2S/c1-13(17)6-5-10-16-15(18)12-19-11-9-14-7-3-2-4-8-14/h2-4,7-8,13,17H,5-6,9-12H2,1H3,(H,16,18). The summed E-state index contributed by atoms with van der Waals surface area (Å²) in [6.45, 7) is 2.42. The number of hydrogen-bond donors (Lipinski definition) is 2. The Balaban J connectivity index is 1.98. The van der Waals surface area contributed by atoms with Crippen LogP contribution in [0.3, 0.4) is 0 Å². The van der Waals surface area contributed by atoms with Crippen LogP contribution >= 0.6 is 11.8 Å². The molecule has 0 saturated heterocycles. The van der Waals surface area contributed by atoms with Crippen LogP contribution in [-0.4, -0.2) is 35.2 Å². The molecular formula is C15H23NO2S. The van der Waals surface area contributed by atoms with Gasteiger partial charge in [0.1, 0.15) is 0 Å². The van der Waals surface area contributed by atoms with E-state index >= 15 is 0 Å². The van der Waals surface area contributed by atoms with Crippen LogP contribution in [0.2, 0.25) is 0 Å². The van der Waals surface area contributed by atoms with Crippen molar-refractivity contribution in [3.63, 3.8) is 0 Å². The van der Waals surface area contributed by atoms with Gasteiger partial charge in [0.05, 0.1) is 11.9 Å². The third-order valence-electron chi connectivity index (χ3n) is 2.73. The van der Waals surface area contributed by atoms with Crippen molar-refractivity contribution in [2.75, 3.05) is 18.1 Å². The topological polar surface area (TPSA) is 49.3 Å². The average Bonchev–Trinajstić information content (AvgIpc) is 2.41. The number of carbonyl (C=O) groups excluding carboxylic acids is 1. The Morgan fingerprint density at radius 1 is 1.37 bits per heavy atom. The summed E-state index contributed by atoms with van der Waals surface area (Å²) in [5.74, 6) is 1.57. The second-order valence-electron chi connectivity index (χ2n) is 4.63. The second kappa shape index (κ2) is 9.87. The van der Waals surface area contributed by atoms with E-state index < -0.39 is 0 Å². The Hall–Kier alpha value is -1.00. The smallest absolute Gasteiger partial charge is 0.229 e. The third-order valence-corrected chi connectivity index (χ3v) is 3.69. The molecule has 1 unspecified atom stereocenters. The largest absolute Gasteiger partial charge is 0.393 e. The summed E-state index contributed by atoms with van der Waals surface area (Å²) in [5.41, 5.74) is 1.31. The van der Waals surface area contributed by atoms with Crippen molar-refractivity contribution in [2.45, 2.75) is 32.3 Å². The summed E-state index contributed by atoms with van der Waals surface area (Å²) < 4.78 is 0. The maximum absolute atomic E-state index is 11.5. The van der Waals surface area contributed by atoms with Gasteiger partial charge in [-0.15, -0.1) is 0 Å². The lowest BCUT2D eigenvalue weighted by Crippen LogP contribution is -2.26. The van der Waals surface area contributed by atoms with E-state index in [4.69, 9.17) is 5.11 Å². The Morgan fingerprint density at radius 3 is 2.79 bits per heavy atom. The normalized spacial score (nSPS) is 12.1. The number of rotatable bonds is 9. The zero-order chi connectivity index (χ0) is 13.9. The van der Waals surface area contributed by atoms with Crippen LogP contribution in [-0.2, 0) is 11.2 Å². The molecule has 0 aromatic heterocycles. The highest BCUT2D eigenvalue weighted by Gasteiger charge is 2.02. The number of aliphatic hydroxyl groups is 1. The first-order valence-corrected chi connectivity index (χ1v) is 7.90. The molecular weight excluding hydrogens is 258 g/mol. The lowest BCUT2D eigenvalue weighted by molar-refractivity contribution is -0.118. The molecule has 0 saturated carbocycles. The van der Waals surface area contributed by atoms with Crippen LogP contribution in [0.25, 0.3) is 0 Å². The summed E-state index contributed by atoms with van der Waals surface area (Å²) in [6.07, 6.45) is 2.29.